The molecule has 10 heterocycles. The summed E-state index contributed by atoms with van der Waals surface area (Å²) in [6.07, 6.45) is 6.76. The maximum absolute atomic E-state index is 12.8. The molecule has 514 valence electrons. The number of pyridine rings is 3. The van der Waals surface area contributed by atoms with Gasteiger partial charge in [-0.2, -0.15) is 15.3 Å². The van der Waals surface area contributed by atoms with Crippen LogP contribution in [-0.4, -0.2) is 150 Å². The monoisotopic (exact) mass is 1340 g/mol. The van der Waals surface area contributed by atoms with Crippen molar-refractivity contribution in [2.24, 2.45) is 0 Å². The van der Waals surface area contributed by atoms with Gasteiger partial charge >= 0.3 is 19.1 Å². The molecule has 0 radical (unpaired) electrons. The summed E-state index contributed by atoms with van der Waals surface area (Å²) in [7, 11) is -0.750. The van der Waals surface area contributed by atoms with Crippen molar-refractivity contribution in [2.45, 2.75) is 132 Å². The lowest BCUT2D eigenvalue weighted by Gasteiger charge is -2.32. The van der Waals surface area contributed by atoms with Crippen molar-refractivity contribution in [1.82, 2.24) is 44.3 Å². The van der Waals surface area contributed by atoms with Crippen LogP contribution in [0.5, 0.6) is 11.8 Å². The van der Waals surface area contributed by atoms with E-state index in [0.29, 0.717) is 110 Å². The topological polar surface area (TPSA) is 316 Å². The Hall–Kier alpha value is -9.74. The third-order valence-corrected chi connectivity index (χ3v) is 18.3. The van der Waals surface area contributed by atoms with Crippen LogP contribution in [-0.2, 0) is 33.0 Å². The molecule has 0 bridgehead atoms. The number of fused-ring (bicyclic) bond motifs is 3. The van der Waals surface area contributed by atoms with E-state index in [9.17, 15) is 34.6 Å². The molecule has 3 atom stereocenters. The molecule has 6 aromatic heterocycles. The van der Waals surface area contributed by atoms with Gasteiger partial charge in [-0.15, -0.1) is 0 Å². The molecule has 4 aliphatic rings. The summed E-state index contributed by atoms with van der Waals surface area (Å²) in [5.41, 5.74) is 9.31. The van der Waals surface area contributed by atoms with E-state index in [4.69, 9.17) is 42.5 Å². The largest absolute Gasteiger partial charge is 0.495 e. The van der Waals surface area contributed by atoms with Gasteiger partial charge in [-0.05, 0) is 148 Å². The Balaban J connectivity index is 0.000000149. The molecule has 27 nitrogen and oxygen atoms in total. The first-order chi connectivity index (χ1) is 47.0. The Morgan fingerprint density at radius 3 is 1.49 bits per heavy atom. The van der Waals surface area contributed by atoms with E-state index in [2.05, 4.69) is 49.3 Å². The first-order valence-corrected chi connectivity index (χ1v) is 32.9. The molecule has 98 heavy (non-hydrogen) atoms. The molecule has 13 rings (SSSR count). The second-order valence-corrected chi connectivity index (χ2v) is 25.2. The fourth-order valence-electron chi connectivity index (χ4n) is 12.9. The number of aromatic nitrogens is 9. The van der Waals surface area contributed by atoms with Crippen LogP contribution in [0.3, 0.4) is 0 Å². The van der Waals surface area contributed by atoms with E-state index < -0.39 is 40.1 Å². The Kier molecular flexibility index (Phi) is 20.7. The Morgan fingerprint density at radius 1 is 0.592 bits per heavy atom. The van der Waals surface area contributed by atoms with Crippen LogP contribution in [0.25, 0.3) is 66.6 Å². The third kappa shape index (κ3) is 13.9. The second-order valence-electron chi connectivity index (χ2n) is 25.2. The van der Waals surface area contributed by atoms with Crippen molar-refractivity contribution in [1.29, 1.82) is 0 Å². The number of nitro groups is 2. The predicted octanol–water partition coefficient (Wildman–Crippen LogP) is 11.5. The first-order valence-electron chi connectivity index (χ1n) is 32.9. The SMILES string of the molecule is CCOC(=O)c1cnn(C2CCOC2)c1-c1ccc(-c2c(C)cc(OCC)nc2C)cc1[N+](=O)[O-].CCOC(=O)c1cnn(C2CCOC2)c1-c1ccc(B2OC(C)(C)C(C)(C)O2)cc1[N+](=O)[O-].CCOc1cc(C)c(-c2ccc3c(c2)[nH]c(=O)c2cnn(C4CCOC4)c23)c(C)n1. The molecule has 4 saturated heterocycles. The minimum atomic E-state index is -0.750. The van der Waals surface area contributed by atoms with Crippen LogP contribution in [0.15, 0.2) is 90.1 Å². The number of hydrogen-bond acceptors (Lipinski definition) is 21. The van der Waals surface area contributed by atoms with Crippen molar-refractivity contribution >= 4 is 57.7 Å². The minimum absolute atomic E-state index is 0.127. The van der Waals surface area contributed by atoms with Crippen LogP contribution in [0.2, 0.25) is 0 Å². The Labute approximate surface area is 565 Å². The van der Waals surface area contributed by atoms with Gasteiger partial charge in [0.15, 0.2) is 0 Å². The number of benzene rings is 3. The molecule has 0 spiro atoms. The molecule has 4 fully saturated rings. The number of H-pyrrole nitrogens is 1. The number of carbonyl (C=O) groups excluding carboxylic acids is 2. The maximum atomic E-state index is 12.8. The molecule has 3 aromatic carbocycles. The van der Waals surface area contributed by atoms with Gasteiger partial charge in [-0.25, -0.2) is 19.6 Å². The van der Waals surface area contributed by atoms with Crippen LogP contribution >= 0.6 is 0 Å². The normalized spacial score (nSPS) is 17.7. The molecule has 9 aromatic rings. The quantitative estimate of drug-likeness (QED) is 0.0361. The lowest BCUT2D eigenvalue weighted by atomic mass is 9.78. The van der Waals surface area contributed by atoms with Gasteiger partial charge in [-0.1, -0.05) is 24.3 Å². The Bertz CT molecular complexity index is 4500. The summed E-state index contributed by atoms with van der Waals surface area (Å²) < 4.78 is 55.4. The number of aryl methyl sites for hydroxylation is 4. The lowest BCUT2D eigenvalue weighted by Crippen LogP contribution is -2.41. The van der Waals surface area contributed by atoms with E-state index in [-0.39, 0.29) is 65.0 Å². The van der Waals surface area contributed by atoms with Gasteiger partial charge in [0.05, 0.1) is 143 Å². The lowest BCUT2D eigenvalue weighted by molar-refractivity contribution is -0.384. The molecule has 1 N–H and O–H groups in total. The van der Waals surface area contributed by atoms with E-state index in [1.54, 1.807) is 53.7 Å². The molecule has 28 heteroatoms. The van der Waals surface area contributed by atoms with E-state index in [0.717, 1.165) is 63.0 Å². The molecule has 0 saturated carbocycles. The van der Waals surface area contributed by atoms with Crippen LogP contribution in [0, 0.1) is 47.9 Å². The van der Waals surface area contributed by atoms with Crippen molar-refractivity contribution < 1.29 is 61.9 Å². The van der Waals surface area contributed by atoms with E-state index in [1.807, 2.05) is 85.2 Å². The highest BCUT2D eigenvalue weighted by Gasteiger charge is 2.52. The smallest absolute Gasteiger partial charge is 0.478 e. The predicted molar refractivity (Wildman–Crippen MR) is 365 cm³/mol. The number of hydrogen-bond donors (Lipinski definition) is 1. The Morgan fingerprint density at radius 2 is 1.04 bits per heavy atom. The van der Waals surface area contributed by atoms with Gasteiger partial charge in [-0.3, -0.25) is 39.1 Å². The number of ether oxygens (including phenoxy) is 7. The molecule has 3 unspecified atom stereocenters. The zero-order valence-electron chi connectivity index (χ0n) is 57.1. The maximum Gasteiger partial charge on any atom is 0.495 e. The first kappa shape index (κ1) is 69.6. The van der Waals surface area contributed by atoms with Crippen LogP contribution in [0.1, 0.15) is 136 Å². The van der Waals surface area contributed by atoms with Crippen molar-refractivity contribution in [2.75, 3.05) is 66.1 Å². The number of esters is 2. The highest BCUT2D eigenvalue weighted by Crippen LogP contribution is 2.43. The molecule has 0 aliphatic carbocycles. The summed E-state index contributed by atoms with van der Waals surface area (Å²) >= 11 is 0. The summed E-state index contributed by atoms with van der Waals surface area (Å²) in [5, 5.41) is 39.3. The van der Waals surface area contributed by atoms with Gasteiger partial charge in [0, 0.05) is 72.0 Å². The highest BCUT2D eigenvalue weighted by atomic mass is 16.7. The number of aromatic amines is 1. The van der Waals surface area contributed by atoms with Crippen molar-refractivity contribution in [3.8, 4) is 56.5 Å². The second kappa shape index (κ2) is 29.1. The number of carbonyl (C=O) groups is 2. The number of rotatable bonds is 18. The average Bonchev–Trinajstić information content (AvgIpc) is 1.50. The van der Waals surface area contributed by atoms with Crippen molar-refractivity contribution in [3.05, 3.63) is 150 Å². The number of nitrogens with zero attached hydrogens (tertiary/aromatic N) is 10. The third-order valence-electron chi connectivity index (χ3n) is 18.3. The van der Waals surface area contributed by atoms with Crippen LogP contribution < -0.4 is 20.5 Å². The summed E-state index contributed by atoms with van der Waals surface area (Å²) in [6, 6.07) is 19.6. The number of nitrogens with one attached hydrogen (secondary N) is 1. The zero-order valence-corrected chi connectivity index (χ0v) is 57.1. The highest BCUT2D eigenvalue weighted by molar-refractivity contribution is 6.62. The van der Waals surface area contributed by atoms with Gasteiger partial charge in [0.2, 0.25) is 11.8 Å². The summed E-state index contributed by atoms with van der Waals surface area (Å²) in [4.78, 5) is 73.7. The molecular formula is C70H80BN11O16. The van der Waals surface area contributed by atoms with Gasteiger partial charge in [0.25, 0.3) is 16.9 Å². The molecular weight excluding hydrogens is 1260 g/mol. The van der Waals surface area contributed by atoms with Crippen LogP contribution in [0.4, 0.5) is 11.4 Å². The molecule has 4 aliphatic heterocycles. The fraction of sp³-hybridized carbons (Fsp3) is 0.429. The van der Waals surface area contributed by atoms with E-state index in [1.165, 1.54) is 24.5 Å². The standard InChI is InChI=1S/C25H28N4O6.C23H24N4O3.C22H28BN3O7/c1-5-34-22-11-15(3)23(16(4)27-22)17-7-8-19(21(12-17)29(31)32)24-20(25(30)35-6-2)13-26-28(24)18-9-10-33-14-18;1-4-30-20-9-13(2)21(14(3)25-20)15-5-6-17-19(10-15)26-23(28)18-11-24-27(22(17)18)16-7-8-29-12-16;1-6-31-20(27)17-12-24-25(15-9-10-30-13-15)19(17)16-8-7-14(11-18(16)26(28)29)23-32-21(2,3)22(4,5)33-23/h7-8,11-13,18H,5-6,9-10,14H2,1-4H3;5-6,9-11,16H,4,7-8,12H2,1-3H3,(H,26,28);7-8,11-12,15H,6,9-10,13H2,1-5H3. The van der Waals surface area contributed by atoms with E-state index >= 15 is 0 Å². The zero-order chi connectivity index (χ0) is 69.9. The van der Waals surface area contributed by atoms with Crippen molar-refractivity contribution in [3.63, 3.8) is 0 Å². The number of nitro benzene ring substituents is 2. The van der Waals surface area contributed by atoms with Gasteiger partial charge < -0.3 is 47.5 Å². The van der Waals surface area contributed by atoms with Gasteiger partial charge in [0.1, 0.15) is 11.1 Å². The fourth-order valence-corrected chi connectivity index (χ4v) is 12.9. The summed E-state index contributed by atoms with van der Waals surface area (Å²) in [6.45, 7) is 27.5. The summed E-state index contributed by atoms with van der Waals surface area (Å²) in [5.74, 6) is -0.00980. The molecule has 0 amide bonds. The minimum Gasteiger partial charge on any atom is -0.478 e. The average molecular weight is 1340 g/mol.